The van der Waals surface area contributed by atoms with Crippen molar-refractivity contribution in [1.29, 1.82) is 0 Å². The zero-order valence-corrected chi connectivity index (χ0v) is 20.6. The summed E-state index contributed by atoms with van der Waals surface area (Å²) in [6.07, 6.45) is 1.60. The van der Waals surface area contributed by atoms with Crippen LogP contribution < -0.4 is 10.6 Å². The molecule has 178 valence electrons. The lowest BCUT2D eigenvalue weighted by Gasteiger charge is -2.30. The van der Waals surface area contributed by atoms with Crippen LogP contribution >= 0.6 is 23.2 Å². The number of hydrogen-bond acceptors (Lipinski definition) is 4. The highest BCUT2D eigenvalue weighted by atomic mass is 35.5. The minimum absolute atomic E-state index is 0.219. The number of anilines is 1. The van der Waals surface area contributed by atoms with Crippen LogP contribution in [0.25, 0.3) is 0 Å². The third kappa shape index (κ3) is 6.69. The fourth-order valence-corrected chi connectivity index (χ4v) is 5.83. The van der Waals surface area contributed by atoms with Crippen LogP contribution in [0.15, 0.2) is 42.5 Å². The monoisotopic (exact) mass is 511 g/mol. The van der Waals surface area contributed by atoms with E-state index in [-0.39, 0.29) is 36.6 Å². The van der Waals surface area contributed by atoms with Crippen LogP contribution in [0.5, 0.6) is 0 Å². The number of piperidine rings is 1. The summed E-state index contributed by atoms with van der Waals surface area (Å²) in [5.41, 5.74) is 1.33. The number of amides is 2. The van der Waals surface area contributed by atoms with E-state index in [2.05, 4.69) is 10.6 Å². The van der Waals surface area contributed by atoms with Gasteiger partial charge < -0.3 is 10.6 Å². The van der Waals surface area contributed by atoms with Crippen LogP contribution in [-0.2, 0) is 20.6 Å². The summed E-state index contributed by atoms with van der Waals surface area (Å²) < 4.78 is 27.1. The summed E-state index contributed by atoms with van der Waals surface area (Å²) >= 11 is 12.0. The smallest absolute Gasteiger partial charge is 0.253 e. The van der Waals surface area contributed by atoms with E-state index in [0.29, 0.717) is 46.2 Å². The Hall–Kier alpha value is -2.13. The van der Waals surface area contributed by atoms with E-state index in [1.807, 2.05) is 6.92 Å². The van der Waals surface area contributed by atoms with Gasteiger partial charge in [-0.25, -0.2) is 12.7 Å². The quantitative estimate of drug-likeness (QED) is 0.551. The van der Waals surface area contributed by atoms with Crippen molar-refractivity contribution in [3.05, 3.63) is 63.6 Å². The van der Waals surface area contributed by atoms with Gasteiger partial charge >= 0.3 is 0 Å². The highest BCUT2D eigenvalue weighted by molar-refractivity contribution is 7.88. The maximum Gasteiger partial charge on any atom is 0.253 e. The summed E-state index contributed by atoms with van der Waals surface area (Å²) in [5.74, 6) is -1.03. The number of nitrogens with zero attached hydrogens (tertiary/aromatic N) is 1. The molecule has 3 rings (SSSR count). The third-order valence-corrected chi connectivity index (χ3v) is 7.95. The van der Waals surface area contributed by atoms with Gasteiger partial charge in [-0.1, -0.05) is 48.3 Å². The molecule has 0 radical (unpaired) electrons. The SMILES string of the molecule is CCCNC(=O)c1ccccc1NC(=O)C1CCN(S(=O)(=O)Cc2ccc(Cl)cc2Cl)CC1. The van der Waals surface area contributed by atoms with Crippen molar-refractivity contribution < 1.29 is 18.0 Å². The number of rotatable bonds is 8. The van der Waals surface area contributed by atoms with Gasteiger partial charge in [0.15, 0.2) is 0 Å². The molecule has 1 aliphatic rings. The van der Waals surface area contributed by atoms with Gasteiger partial charge in [0.2, 0.25) is 15.9 Å². The third-order valence-electron chi connectivity index (χ3n) is 5.54. The summed E-state index contributed by atoms with van der Waals surface area (Å²) in [4.78, 5) is 25.2. The van der Waals surface area contributed by atoms with Gasteiger partial charge in [-0.05, 0) is 49.1 Å². The molecule has 0 aromatic heterocycles. The van der Waals surface area contributed by atoms with Crippen molar-refractivity contribution in [3.63, 3.8) is 0 Å². The molecule has 1 aliphatic heterocycles. The second-order valence-corrected chi connectivity index (χ2v) is 10.8. The van der Waals surface area contributed by atoms with Crippen LogP contribution in [0.2, 0.25) is 10.0 Å². The normalized spacial score (nSPS) is 15.2. The fourth-order valence-electron chi connectivity index (χ4n) is 3.68. The topological polar surface area (TPSA) is 95.6 Å². The molecule has 2 aromatic carbocycles. The molecule has 7 nitrogen and oxygen atoms in total. The van der Waals surface area contributed by atoms with Crippen LogP contribution in [0.1, 0.15) is 42.1 Å². The van der Waals surface area contributed by atoms with Crippen LogP contribution in [0, 0.1) is 5.92 Å². The molecule has 2 aromatic rings. The van der Waals surface area contributed by atoms with Crippen molar-refractivity contribution in [2.45, 2.75) is 31.9 Å². The van der Waals surface area contributed by atoms with Crippen molar-refractivity contribution in [1.82, 2.24) is 9.62 Å². The second kappa shape index (κ2) is 11.3. The Morgan fingerprint density at radius 3 is 2.45 bits per heavy atom. The Morgan fingerprint density at radius 1 is 1.09 bits per heavy atom. The Morgan fingerprint density at radius 2 is 1.79 bits per heavy atom. The minimum Gasteiger partial charge on any atom is -0.352 e. The Labute approximate surface area is 204 Å². The van der Waals surface area contributed by atoms with Crippen molar-refractivity contribution in [2.75, 3.05) is 25.0 Å². The Kier molecular flexibility index (Phi) is 8.75. The first kappa shape index (κ1) is 25.5. The number of benzene rings is 2. The summed E-state index contributed by atoms with van der Waals surface area (Å²) in [7, 11) is -3.59. The van der Waals surface area contributed by atoms with E-state index in [9.17, 15) is 18.0 Å². The van der Waals surface area contributed by atoms with Crippen LogP contribution in [0.3, 0.4) is 0 Å². The fraction of sp³-hybridized carbons (Fsp3) is 0.391. The Balaban J connectivity index is 1.60. The van der Waals surface area contributed by atoms with Gasteiger partial charge in [-0.3, -0.25) is 9.59 Å². The standard InChI is InChI=1S/C23H27Cl2N3O4S/c1-2-11-26-23(30)19-5-3-4-6-21(19)27-22(29)16-9-12-28(13-10-16)33(31,32)15-17-7-8-18(24)14-20(17)25/h3-8,14,16H,2,9-13,15H2,1H3,(H,26,30)(H,27,29). The van der Waals surface area contributed by atoms with Crippen molar-refractivity contribution >= 4 is 50.7 Å². The maximum absolute atomic E-state index is 12.9. The van der Waals surface area contributed by atoms with Crippen molar-refractivity contribution in [2.24, 2.45) is 5.92 Å². The summed E-state index contributed by atoms with van der Waals surface area (Å²) in [5, 5.41) is 6.41. The van der Waals surface area contributed by atoms with Gasteiger partial charge in [0, 0.05) is 35.6 Å². The molecule has 0 unspecified atom stereocenters. The summed E-state index contributed by atoms with van der Waals surface area (Å²) in [6.45, 7) is 2.99. The predicted molar refractivity (Wildman–Crippen MR) is 131 cm³/mol. The molecular weight excluding hydrogens is 485 g/mol. The van der Waals surface area contributed by atoms with Crippen molar-refractivity contribution in [3.8, 4) is 0 Å². The highest BCUT2D eigenvalue weighted by Gasteiger charge is 2.32. The van der Waals surface area contributed by atoms with E-state index in [4.69, 9.17) is 23.2 Å². The van der Waals surface area contributed by atoms with Gasteiger partial charge in [0.05, 0.1) is 17.0 Å². The molecule has 0 aliphatic carbocycles. The van der Waals surface area contributed by atoms with E-state index >= 15 is 0 Å². The van der Waals surface area contributed by atoms with Crippen LogP contribution in [-0.4, -0.2) is 44.2 Å². The average molecular weight is 512 g/mol. The average Bonchev–Trinajstić information content (AvgIpc) is 2.79. The number of para-hydroxylation sites is 1. The van der Waals surface area contributed by atoms with Crippen LogP contribution in [0.4, 0.5) is 5.69 Å². The lowest BCUT2D eigenvalue weighted by atomic mass is 9.97. The first-order chi connectivity index (χ1) is 15.7. The molecule has 1 fully saturated rings. The van der Waals surface area contributed by atoms with E-state index in [1.165, 1.54) is 10.4 Å². The Bertz CT molecular complexity index is 1120. The zero-order valence-electron chi connectivity index (χ0n) is 18.3. The van der Waals surface area contributed by atoms with Gasteiger partial charge in [0.1, 0.15) is 0 Å². The second-order valence-electron chi connectivity index (χ2n) is 7.96. The molecule has 2 amide bonds. The maximum atomic E-state index is 12.9. The molecule has 0 bridgehead atoms. The predicted octanol–water partition coefficient (Wildman–Crippen LogP) is 4.31. The number of carbonyl (C=O) groups is 2. The molecule has 1 saturated heterocycles. The summed E-state index contributed by atoms with van der Waals surface area (Å²) in [6, 6.07) is 11.6. The first-order valence-corrected chi connectivity index (χ1v) is 13.2. The van der Waals surface area contributed by atoms with E-state index in [0.717, 1.165) is 6.42 Å². The van der Waals surface area contributed by atoms with E-state index < -0.39 is 10.0 Å². The largest absolute Gasteiger partial charge is 0.352 e. The molecule has 1 heterocycles. The molecule has 0 saturated carbocycles. The number of sulfonamides is 1. The van der Waals surface area contributed by atoms with E-state index in [1.54, 1.807) is 36.4 Å². The minimum atomic E-state index is -3.59. The number of nitrogens with one attached hydrogen (secondary N) is 2. The van der Waals surface area contributed by atoms with Gasteiger partial charge in [-0.2, -0.15) is 0 Å². The number of halogens is 2. The number of carbonyl (C=O) groups excluding carboxylic acids is 2. The molecule has 2 N–H and O–H groups in total. The zero-order chi connectivity index (χ0) is 24.0. The molecule has 10 heteroatoms. The molecule has 0 atom stereocenters. The lowest BCUT2D eigenvalue weighted by Crippen LogP contribution is -2.42. The lowest BCUT2D eigenvalue weighted by molar-refractivity contribution is -0.120. The molecular formula is C23H27Cl2N3O4S. The first-order valence-electron chi connectivity index (χ1n) is 10.8. The highest BCUT2D eigenvalue weighted by Crippen LogP contribution is 2.27. The number of hydrogen-bond donors (Lipinski definition) is 2. The molecule has 0 spiro atoms. The molecule has 33 heavy (non-hydrogen) atoms. The van der Waals surface area contributed by atoms with Gasteiger partial charge in [0.25, 0.3) is 5.91 Å². The van der Waals surface area contributed by atoms with Gasteiger partial charge in [-0.15, -0.1) is 0 Å².